The third-order valence-electron chi connectivity index (χ3n) is 4.56. The second-order valence-electron chi connectivity index (χ2n) is 5.53. The highest BCUT2D eigenvalue weighted by atomic mass is 28.4. The van der Waals surface area contributed by atoms with Gasteiger partial charge in [-0.15, -0.1) is 6.58 Å². The summed E-state index contributed by atoms with van der Waals surface area (Å²) in [6, 6.07) is 3.36. The summed E-state index contributed by atoms with van der Waals surface area (Å²) < 4.78 is 6.57. The standard InChI is InChI=1S/C16H32O2Si/c1-8-13(6)16(14(7)15(17)9-2)18-19(10-3,11-4)12-5/h8,13-14,16H,1,9-12H2,2-7H3/t13-,14+,16+/m1/s1. The smallest absolute Gasteiger partial charge is 0.192 e. The summed E-state index contributed by atoms with van der Waals surface area (Å²) in [5.41, 5.74) is 0. The maximum Gasteiger partial charge on any atom is 0.192 e. The quantitative estimate of drug-likeness (QED) is 0.425. The molecule has 112 valence electrons. The molecule has 0 aliphatic rings. The Morgan fingerprint density at radius 3 is 1.95 bits per heavy atom. The second-order valence-corrected chi connectivity index (χ2v) is 10.3. The van der Waals surface area contributed by atoms with Gasteiger partial charge in [-0.3, -0.25) is 4.79 Å². The summed E-state index contributed by atoms with van der Waals surface area (Å²) in [6.45, 7) is 16.6. The Morgan fingerprint density at radius 1 is 1.16 bits per heavy atom. The highest BCUT2D eigenvalue weighted by Gasteiger charge is 2.37. The minimum absolute atomic E-state index is 0.00327. The topological polar surface area (TPSA) is 26.3 Å². The van der Waals surface area contributed by atoms with E-state index in [9.17, 15) is 4.79 Å². The lowest BCUT2D eigenvalue weighted by atomic mass is 9.89. The third kappa shape index (κ3) is 4.88. The van der Waals surface area contributed by atoms with Crippen LogP contribution >= 0.6 is 0 Å². The van der Waals surface area contributed by atoms with Crippen molar-refractivity contribution in [2.24, 2.45) is 11.8 Å². The molecule has 0 saturated carbocycles. The molecule has 0 radical (unpaired) electrons. The van der Waals surface area contributed by atoms with Gasteiger partial charge in [0.2, 0.25) is 0 Å². The molecule has 0 spiro atoms. The lowest BCUT2D eigenvalue weighted by molar-refractivity contribution is -0.125. The molecule has 0 aromatic carbocycles. The van der Waals surface area contributed by atoms with Crippen molar-refractivity contribution in [2.75, 3.05) is 0 Å². The van der Waals surface area contributed by atoms with Gasteiger partial charge in [0, 0.05) is 12.3 Å². The fourth-order valence-corrected chi connectivity index (χ4v) is 5.59. The molecular formula is C16H32O2Si. The van der Waals surface area contributed by atoms with Crippen molar-refractivity contribution in [3.05, 3.63) is 12.7 Å². The molecule has 0 fully saturated rings. The Kier molecular flexibility index (Phi) is 8.51. The van der Waals surface area contributed by atoms with Crippen LogP contribution in [0.4, 0.5) is 0 Å². The Hall–Kier alpha value is -0.413. The first-order valence-electron chi connectivity index (χ1n) is 7.74. The first-order chi connectivity index (χ1) is 8.91. The molecule has 0 heterocycles. The van der Waals surface area contributed by atoms with E-state index in [-0.39, 0.29) is 17.9 Å². The van der Waals surface area contributed by atoms with Crippen molar-refractivity contribution in [3.8, 4) is 0 Å². The van der Waals surface area contributed by atoms with Crippen LogP contribution in [-0.4, -0.2) is 20.2 Å². The van der Waals surface area contributed by atoms with E-state index < -0.39 is 8.32 Å². The SMILES string of the molecule is C=C[C@@H](C)[C@H](O[Si](CC)(CC)CC)[C@@H](C)C(=O)CC. The van der Waals surface area contributed by atoms with Gasteiger partial charge in [-0.25, -0.2) is 0 Å². The minimum atomic E-state index is -1.68. The molecule has 3 atom stereocenters. The van der Waals surface area contributed by atoms with Crippen molar-refractivity contribution >= 4 is 14.1 Å². The van der Waals surface area contributed by atoms with Gasteiger partial charge in [-0.05, 0) is 24.1 Å². The van der Waals surface area contributed by atoms with Crippen molar-refractivity contribution in [2.45, 2.75) is 72.2 Å². The molecule has 0 saturated heterocycles. The lowest BCUT2D eigenvalue weighted by Crippen LogP contribution is -2.45. The van der Waals surface area contributed by atoms with Crippen LogP contribution in [0.1, 0.15) is 48.0 Å². The van der Waals surface area contributed by atoms with Gasteiger partial charge in [-0.2, -0.15) is 0 Å². The normalized spacial score (nSPS) is 16.7. The van der Waals surface area contributed by atoms with Crippen LogP contribution in [0.2, 0.25) is 18.1 Å². The van der Waals surface area contributed by atoms with E-state index in [2.05, 4.69) is 34.3 Å². The summed E-state index contributed by atoms with van der Waals surface area (Å²) in [6.07, 6.45) is 2.50. The average Bonchev–Trinajstić information content (AvgIpc) is 2.47. The Labute approximate surface area is 120 Å². The van der Waals surface area contributed by atoms with E-state index in [0.29, 0.717) is 12.2 Å². The number of ketones is 1. The van der Waals surface area contributed by atoms with E-state index in [4.69, 9.17) is 4.43 Å². The van der Waals surface area contributed by atoms with Crippen molar-refractivity contribution in [1.82, 2.24) is 0 Å². The zero-order valence-corrected chi connectivity index (χ0v) is 14.7. The Bertz CT molecular complexity index is 276. The molecule has 0 aromatic heterocycles. The van der Waals surface area contributed by atoms with Crippen LogP contribution in [0.3, 0.4) is 0 Å². The fourth-order valence-electron chi connectivity index (χ4n) is 2.59. The molecule has 2 nitrogen and oxygen atoms in total. The maximum absolute atomic E-state index is 12.0. The van der Waals surface area contributed by atoms with Gasteiger partial charge in [0.1, 0.15) is 5.78 Å². The number of rotatable bonds is 10. The summed E-state index contributed by atoms with van der Waals surface area (Å²) in [7, 11) is -1.68. The van der Waals surface area contributed by atoms with Crippen molar-refractivity contribution in [3.63, 3.8) is 0 Å². The zero-order chi connectivity index (χ0) is 15.1. The van der Waals surface area contributed by atoms with Crippen LogP contribution in [0.25, 0.3) is 0 Å². The number of hydrogen-bond donors (Lipinski definition) is 0. The number of carbonyl (C=O) groups is 1. The molecule has 19 heavy (non-hydrogen) atoms. The molecule has 0 aromatic rings. The van der Waals surface area contributed by atoms with Crippen LogP contribution in [0.15, 0.2) is 12.7 Å². The average molecular weight is 285 g/mol. The first-order valence-corrected chi connectivity index (χ1v) is 10.3. The Morgan fingerprint density at radius 2 is 1.63 bits per heavy atom. The molecule has 0 aliphatic carbocycles. The van der Waals surface area contributed by atoms with Gasteiger partial charge in [0.05, 0.1) is 6.10 Å². The molecule has 3 heteroatoms. The van der Waals surface area contributed by atoms with E-state index in [1.165, 1.54) is 0 Å². The van der Waals surface area contributed by atoms with Crippen LogP contribution < -0.4 is 0 Å². The minimum Gasteiger partial charge on any atom is -0.413 e. The molecule has 0 amide bonds. The largest absolute Gasteiger partial charge is 0.413 e. The number of carbonyl (C=O) groups excluding carboxylic acids is 1. The molecular weight excluding hydrogens is 252 g/mol. The van der Waals surface area contributed by atoms with Gasteiger partial charge in [0.15, 0.2) is 8.32 Å². The zero-order valence-electron chi connectivity index (χ0n) is 13.7. The Balaban J connectivity index is 5.15. The van der Waals surface area contributed by atoms with E-state index in [1.54, 1.807) is 0 Å². The number of hydrogen-bond acceptors (Lipinski definition) is 2. The lowest BCUT2D eigenvalue weighted by Gasteiger charge is -2.37. The molecule has 0 rings (SSSR count). The summed E-state index contributed by atoms with van der Waals surface area (Å²) in [4.78, 5) is 12.0. The van der Waals surface area contributed by atoms with Gasteiger partial charge >= 0.3 is 0 Å². The molecule has 0 N–H and O–H groups in total. The molecule has 0 aliphatic heterocycles. The predicted molar refractivity (Wildman–Crippen MR) is 85.9 cm³/mol. The second kappa shape index (κ2) is 8.70. The fraction of sp³-hybridized carbons (Fsp3) is 0.812. The maximum atomic E-state index is 12.0. The third-order valence-corrected chi connectivity index (χ3v) is 9.20. The summed E-state index contributed by atoms with van der Waals surface area (Å²) >= 11 is 0. The van der Waals surface area contributed by atoms with Gasteiger partial charge < -0.3 is 4.43 Å². The summed E-state index contributed by atoms with van der Waals surface area (Å²) in [5, 5.41) is 0. The van der Waals surface area contributed by atoms with Crippen molar-refractivity contribution in [1.29, 1.82) is 0 Å². The monoisotopic (exact) mass is 284 g/mol. The van der Waals surface area contributed by atoms with E-state index in [1.807, 2.05) is 19.9 Å². The molecule has 0 bridgehead atoms. The van der Waals surface area contributed by atoms with Crippen LogP contribution in [0, 0.1) is 11.8 Å². The van der Waals surface area contributed by atoms with Gasteiger partial charge in [0.25, 0.3) is 0 Å². The highest BCUT2D eigenvalue weighted by molar-refractivity contribution is 6.73. The summed E-state index contributed by atoms with van der Waals surface area (Å²) in [5.74, 6) is 0.487. The van der Waals surface area contributed by atoms with E-state index >= 15 is 0 Å². The van der Waals surface area contributed by atoms with Crippen LogP contribution in [-0.2, 0) is 9.22 Å². The van der Waals surface area contributed by atoms with Gasteiger partial charge in [-0.1, -0.05) is 47.6 Å². The van der Waals surface area contributed by atoms with E-state index in [0.717, 1.165) is 18.1 Å². The first kappa shape index (κ1) is 18.6. The highest BCUT2D eigenvalue weighted by Crippen LogP contribution is 2.30. The molecule has 0 unspecified atom stereocenters. The predicted octanol–water partition coefficient (Wildman–Crippen LogP) is 4.81. The van der Waals surface area contributed by atoms with Crippen molar-refractivity contribution < 1.29 is 9.22 Å². The number of Topliss-reactive ketones (excluding diaryl/α,β-unsaturated/α-hetero) is 1. The van der Waals surface area contributed by atoms with Crippen LogP contribution in [0.5, 0.6) is 0 Å².